The predicted octanol–water partition coefficient (Wildman–Crippen LogP) is 4.08. The van der Waals surface area contributed by atoms with E-state index in [-0.39, 0.29) is 5.97 Å². The zero-order valence-corrected chi connectivity index (χ0v) is 14.2. The Morgan fingerprint density at radius 3 is 2.70 bits per heavy atom. The normalized spacial score (nSPS) is 16.2. The molecule has 0 bridgehead atoms. The molecule has 0 N–H and O–H groups in total. The van der Waals surface area contributed by atoms with E-state index in [4.69, 9.17) is 9.72 Å². The van der Waals surface area contributed by atoms with Crippen molar-refractivity contribution in [2.24, 2.45) is 0 Å². The van der Waals surface area contributed by atoms with Gasteiger partial charge in [0, 0.05) is 23.4 Å². The van der Waals surface area contributed by atoms with E-state index in [9.17, 15) is 4.79 Å². The Balaban J connectivity index is 2.05. The molecule has 0 amide bonds. The van der Waals surface area contributed by atoms with Crippen LogP contribution in [0.1, 0.15) is 86.6 Å². The number of hydrogen-bond donors (Lipinski definition) is 0. The summed E-state index contributed by atoms with van der Waals surface area (Å²) < 4.78 is 6.86. The third-order valence-electron chi connectivity index (χ3n) is 4.57. The molecule has 3 rings (SSSR count). The van der Waals surface area contributed by atoms with Crippen LogP contribution in [0.4, 0.5) is 0 Å². The Morgan fingerprint density at radius 1 is 1.30 bits per heavy atom. The first-order valence-corrected chi connectivity index (χ1v) is 8.68. The summed E-state index contributed by atoms with van der Waals surface area (Å²) in [5.41, 5.74) is 3.34. The van der Waals surface area contributed by atoms with Gasteiger partial charge in [0.05, 0.1) is 6.61 Å². The monoisotopic (exact) mass is 315 g/mol. The first-order chi connectivity index (χ1) is 11.1. The maximum atomic E-state index is 12.0. The van der Waals surface area contributed by atoms with Crippen LogP contribution in [0.5, 0.6) is 0 Å². The highest BCUT2D eigenvalue weighted by atomic mass is 16.5. The molecule has 1 saturated carbocycles. The molecule has 5 nitrogen and oxygen atoms in total. The number of esters is 1. The van der Waals surface area contributed by atoms with Gasteiger partial charge >= 0.3 is 5.97 Å². The SMILES string of the molecule is CCOC(=O)c1cc2nc(C3CCCCC3)cc(C(C)C)n2n1. The molecule has 23 heavy (non-hydrogen) atoms. The Morgan fingerprint density at radius 2 is 2.04 bits per heavy atom. The Labute approximate surface area is 137 Å². The van der Waals surface area contributed by atoms with Crippen molar-refractivity contribution in [3.05, 3.63) is 29.2 Å². The van der Waals surface area contributed by atoms with Crippen molar-refractivity contribution in [3.8, 4) is 0 Å². The fourth-order valence-electron chi connectivity index (χ4n) is 3.34. The van der Waals surface area contributed by atoms with E-state index >= 15 is 0 Å². The van der Waals surface area contributed by atoms with Crippen LogP contribution in [0, 0.1) is 0 Å². The van der Waals surface area contributed by atoms with Crippen molar-refractivity contribution < 1.29 is 9.53 Å². The fourth-order valence-corrected chi connectivity index (χ4v) is 3.34. The van der Waals surface area contributed by atoms with E-state index in [0.29, 0.717) is 24.1 Å². The maximum absolute atomic E-state index is 12.0. The number of rotatable bonds is 4. The summed E-state index contributed by atoms with van der Waals surface area (Å²) in [4.78, 5) is 16.8. The van der Waals surface area contributed by atoms with E-state index in [1.54, 1.807) is 17.5 Å². The van der Waals surface area contributed by atoms with Crippen LogP contribution in [-0.2, 0) is 4.74 Å². The molecule has 124 valence electrons. The first kappa shape index (κ1) is 16.0. The van der Waals surface area contributed by atoms with Crippen LogP contribution >= 0.6 is 0 Å². The average molecular weight is 315 g/mol. The molecule has 0 atom stereocenters. The third kappa shape index (κ3) is 3.23. The molecule has 2 aromatic heterocycles. The van der Waals surface area contributed by atoms with Gasteiger partial charge < -0.3 is 4.74 Å². The molecule has 1 fully saturated rings. The van der Waals surface area contributed by atoms with E-state index in [0.717, 1.165) is 17.0 Å². The smallest absolute Gasteiger partial charge is 0.358 e. The summed E-state index contributed by atoms with van der Waals surface area (Å²) in [5.74, 6) is 0.469. The topological polar surface area (TPSA) is 56.5 Å². The molecular formula is C18H25N3O2. The first-order valence-electron chi connectivity index (χ1n) is 8.68. The van der Waals surface area contributed by atoms with Gasteiger partial charge in [0.1, 0.15) is 0 Å². The van der Waals surface area contributed by atoms with E-state index < -0.39 is 0 Å². The average Bonchev–Trinajstić information content (AvgIpc) is 2.99. The number of aromatic nitrogens is 3. The van der Waals surface area contributed by atoms with Crippen LogP contribution in [-0.4, -0.2) is 27.2 Å². The highest BCUT2D eigenvalue weighted by Gasteiger charge is 2.21. The standard InChI is InChI=1S/C18H25N3O2/c1-4-23-18(22)15-11-17-19-14(13-8-6-5-7-9-13)10-16(12(2)3)21(17)20-15/h10-13H,4-9H2,1-3H3. The second-order valence-corrected chi connectivity index (χ2v) is 6.62. The van der Waals surface area contributed by atoms with Crippen molar-refractivity contribution in [2.75, 3.05) is 6.61 Å². The lowest BCUT2D eigenvalue weighted by molar-refractivity contribution is 0.0519. The lowest BCUT2D eigenvalue weighted by Gasteiger charge is -2.22. The largest absolute Gasteiger partial charge is 0.461 e. The number of fused-ring (bicyclic) bond motifs is 1. The van der Waals surface area contributed by atoms with Gasteiger partial charge in [-0.3, -0.25) is 0 Å². The van der Waals surface area contributed by atoms with Gasteiger partial charge in [0.2, 0.25) is 0 Å². The van der Waals surface area contributed by atoms with Crippen molar-refractivity contribution in [2.45, 2.75) is 64.7 Å². The van der Waals surface area contributed by atoms with Gasteiger partial charge in [0.25, 0.3) is 0 Å². The number of ether oxygens (including phenoxy) is 1. The molecule has 2 aromatic rings. The minimum atomic E-state index is -0.382. The molecule has 0 saturated heterocycles. The van der Waals surface area contributed by atoms with Crippen molar-refractivity contribution in [1.82, 2.24) is 14.6 Å². The van der Waals surface area contributed by atoms with Gasteiger partial charge in [0.15, 0.2) is 11.3 Å². The van der Waals surface area contributed by atoms with Crippen LogP contribution in [0.15, 0.2) is 12.1 Å². The quantitative estimate of drug-likeness (QED) is 0.798. The van der Waals surface area contributed by atoms with Crippen LogP contribution in [0.25, 0.3) is 5.65 Å². The van der Waals surface area contributed by atoms with Crippen LogP contribution in [0.2, 0.25) is 0 Å². The molecule has 0 aliphatic heterocycles. The minimum Gasteiger partial charge on any atom is -0.461 e. The lowest BCUT2D eigenvalue weighted by atomic mass is 9.86. The number of carbonyl (C=O) groups is 1. The van der Waals surface area contributed by atoms with Gasteiger partial charge in [-0.15, -0.1) is 0 Å². The van der Waals surface area contributed by atoms with Crippen molar-refractivity contribution in [1.29, 1.82) is 0 Å². The molecule has 1 aliphatic rings. The summed E-state index contributed by atoms with van der Waals surface area (Å²) in [6.45, 7) is 6.44. The van der Waals surface area contributed by atoms with Crippen molar-refractivity contribution in [3.63, 3.8) is 0 Å². The fraction of sp³-hybridized carbons (Fsp3) is 0.611. The lowest BCUT2D eigenvalue weighted by Crippen LogP contribution is -2.11. The van der Waals surface area contributed by atoms with E-state index in [2.05, 4.69) is 25.0 Å². The Hall–Kier alpha value is -1.91. The molecule has 0 spiro atoms. The molecule has 1 aliphatic carbocycles. The van der Waals surface area contributed by atoms with E-state index in [1.807, 2.05) is 0 Å². The molecule has 0 radical (unpaired) electrons. The molecule has 5 heteroatoms. The summed E-state index contributed by atoms with van der Waals surface area (Å²) >= 11 is 0. The number of hydrogen-bond acceptors (Lipinski definition) is 4. The van der Waals surface area contributed by atoms with Gasteiger partial charge in [-0.05, 0) is 31.7 Å². The highest BCUT2D eigenvalue weighted by Crippen LogP contribution is 2.33. The highest BCUT2D eigenvalue weighted by molar-refractivity contribution is 5.88. The zero-order chi connectivity index (χ0) is 16.4. The van der Waals surface area contributed by atoms with Crippen LogP contribution in [0.3, 0.4) is 0 Å². The second kappa shape index (κ2) is 6.69. The van der Waals surface area contributed by atoms with E-state index in [1.165, 1.54) is 32.1 Å². The summed E-state index contributed by atoms with van der Waals surface area (Å²) in [6, 6.07) is 3.92. The molecule has 2 heterocycles. The Bertz CT molecular complexity index is 700. The maximum Gasteiger partial charge on any atom is 0.358 e. The minimum absolute atomic E-state index is 0.317. The summed E-state index contributed by atoms with van der Waals surface area (Å²) in [6.07, 6.45) is 6.30. The second-order valence-electron chi connectivity index (χ2n) is 6.62. The van der Waals surface area contributed by atoms with Crippen LogP contribution < -0.4 is 0 Å². The van der Waals surface area contributed by atoms with Gasteiger partial charge in [-0.25, -0.2) is 14.3 Å². The Kier molecular flexibility index (Phi) is 4.64. The number of carbonyl (C=O) groups excluding carboxylic acids is 1. The third-order valence-corrected chi connectivity index (χ3v) is 4.57. The molecule has 0 aromatic carbocycles. The summed E-state index contributed by atoms with van der Waals surface area (Å²) in [5, 5.41) is 4.42. The summed E-state index contributed by atoms with van der Waals surface area (Å²) in [7, 11) is 0. The van der Waals surface area contributed by atoms with Gasteiger partial charge in [-0.1, -0.05) is 33.1 Å². The van der Waals surface area contributed by atoms with Gasteiger partial charge in [-0.2, -0.15) is 5.10 Å². The number of nitrogens with zero attached hydrogens (tertiary/aromatic N) is 3. The molecule has 0 unspecified atom stereocenters. The zero-order valence-electron chi connectivity index (χ0n) is 14.2. The molecular weight excluding hydrogens is 290 g/mol. The van der Waals surface area contributed by atoms with Crippen molar-refractivity contribution >= 4 is 11.6 Å². The predicted molar refractivity (Wildman–Crippen MR) is 88.9 cm³/mol.